The SMILES string of the molecule is c1ccc(-c2ccc3ccc4ccc(-c5ccc(-c6nc7c8ccccc8c8cc(-c9cc%10ccc(-c%11ccc%12cc(-c%13nc%14ccccc%14c%14c%15ccccc%15c%15ccccc%15c%13%14)ccc%12c%11)nc%10c%10nc(-c%11ccccc%11)ccc9%10)ccc8c7c7ccccc67)cc5)nc4c3n2)cc1. The molecule has 6 aromatic heterocycles. The van der Waals surface area contributed by atoms with Crippen LogP contribution in [0.5, 0.6) is 0 Å². The maximum Gasteiger partial charge on any atom is 0.0978 e. The van der Waals surface area contributed by atoms with Crippen molar-refractivity contribution in [1.82, 2.24) is 29.9 Å². The van der Waals surface area contributed by atoms with Gasteiger partial charge < -0.3 is 0 Å². The molecule has 0 fully saturated rings. The summed E-state index contributed by atoms with van der Waals surface area (Å²) in [5, 5.41) is 22.9. The monoisotopic (exact) mass is 1270 g/mol. The highest BCUT2D eigenvalue weighted by Crippen LogP contribution is 2.47. The molecule has 0 atom stereocenters. The molecule has 0 saturated carbocycles. The summed E-state index contributed by atoms with van der Waals surface area (Å²) in [5.41, 5.74) is 19.5. The van der Waals surface area contributed by atoms with Crippen molar-refractivity contribution < 1.29 is 0 Å². The Morgan fingerprint density at radius 3 is 1.22 bits per heavy atom. The molecule has 6 heteroatoms. The fourth-order valence-electron chi connectivity index (χ4n) is 15.9. The molecule has 6 heterocycles. The smallest absolute Gasteiger partial charge is 0.0978 e. The van der Waals surface area contributed by atoms with Gasteiger partial charge in [-0.25, -0.2) is 29.9 Å². The van der Waals surface area contributed by atoms with Gasteiger partial charge in [0, 0.05) is 87.2 Å². The van der Waals surface area contributed by atoms with E-state index in [4.69, 9.17) is 29.9 Å². The minimum absolute atomic E-state index is 0.854. The van der Waals surface area contributed by atoms with Gasteiger partial charge in [-0.3, -0.25) is 0 Å². The van der Waals surface area contributed by atoms with E-state index in [1.807, 2.05) is 6.07 Å². The van der Waals surface area contributed by atoms with Crippen molar-refractivity contribution in [2.24, 2.45) is 0 Å². The fraction of sp³-hybridized carbons (Fsp3) is 0. The number of nitrogens with zero attached hydrogens (tertiary/aromatic N) is 6. The largest absolute Gasteiger partial charge is 0.247 e. The van der Waals surface area contributed by atoms with Crippen LogP contribution in [-0.2, 0) is 0 Å². The first-order chi connectivity index (χ1) is 49.5. The lowest BCUT2D eigenvalue weighted by Gasteiger charge is -2.17. The highest BCUT2D eigenvalue weighted by atomic mass is 14.8. The van der Waals surface area contributed by atoms with Gasteiger partial charge in [0.15, 0.2) is 0 Å². The zero-order valence-electron chi connectivity index (χ0n) is 53.9. The minimum Gasteiger partial charge on any atom is -0.247 e. The van der Waals surface area contributed by atoms with Crippen molar-refractivity contribution in [2.75, 3.05) is 0 Å². The van der Waals surface area contributed by atoms with E-state index in [2.05, 4.69) is 322 Å². The third-order valence-corrected chi connectivity index (χ3v) is 20.7. The minimum atomic E-state index is 0.854. The van der Waals surface area contributed by atoms with Crippen LogP contribution in [0, 0.1) is 0 Å². The van der Waals surface area contributed by atoms with Crippen LogP contribution in [0.3, 0.4) is 0 Å². The number of rotatable bonds is 7. The molecule has 0 aliphatic heterocycles. The molecule has 460 valence electrons. The van der Waals surface area contributed by atoms with Crippen LogP contribution in [-0.4, -0.2) is 29.9 Å². The van der Waals surface area contributed by atoms with E-state index in [1.54, 1.807) is 0 Å². The molecular weight excluding hydrogens is 1210 g/mol. The maximum atomic E-state index is 5.70. The standard InChI is InChI=1S/C94H54N6/c1-3-17-55(18-4-1)80-47-42-59-35-36-60-43-48-81(96-91(60)90(59)95-80)57-31-33-58(34-32-57)88-75-28-14-12-26-72(75)86-73-45-41-63(53-79(73)69-23-9-13-27-74(69)93(86)100-88)78-54-66-44-49-83(97-92(66)94-76(78)46-50-82(98-94)56-19-5-2-6-20-56)64-39-37-62-52-65(40-38-61(62)51-64)89-87-71-25-11-8-22-68(71)67-21-7-10-24-70(67)85(87)77-29-15-16-30-84(77)99-89/h1-54H. The Morgan fingerprint density at radius 2 is 0.570 bits per heavy atom. The van der Waals surface area contributed by atoms with Crippen molar-refractivity contribution in [3.8, 4) is 78.7 Å². The Morgan fingerprint density at radius 1 is 0.160 bits per heavy atom. The summed E-state index contributed by atoms with van der Waals surface area (Å²) in [6, 6.07) is 118. The van der Waals surface area contributed by atoms with Crippen LogP contribution in [0.2, 0.25) is 0 Å². The summed E-state index contributed by atoms with van der Waals surface area (Å²) in [5.74, 6) is 0. The number of pyridine rings is 6. The quantitative estimate of drug-likeness (QED) is 0.148. The van der Waals surface area contributed by atoms with E-state index in [1.165, 1.54) is 32.3 Å². The van der Waals surface area contributed by atoms with E-state index in [0.29, 0.717) is 0 Å². The lowest BCUT2D eigenvalue weighted by atomic mass is 9.89. The number of aromatic nitrogens is 6. The molecule has 21 rings (SSSR count). The second kappa shape index (κ2) is 22.1. The van der Waals surface area contributed by atoms with Crippen LogP contribution in [0.25, 0.3) is 219 Å². The van der Waals surface area contributed by atoms with Gasteiger partial charge in [0.1, 0.15) is 0 Å². The van der Waals surface area contributed by atoms with E-state index < -0.39 is 0 Å². The molecular formula is C94H54N6. The van der Waals surface area contributed by atoms with Gasteiger partial charge in [0.05, 0.1) is 67.3 Å². The molecule has 0 aliphatic carbocycles. The zero-order chi connectivity index (χ0) is 65.5. The summed E-state index contributed by atoms with van der Waals surface area (Å²) >= 11 is 0. The molecule has 21 aromatic rings. The van der Waals surface area contributed by atoms with Gasteiger partial charge in [-0.05, 0) is 126 Å². The van der Waals surface area contributed by atoms with E-state index in [0.717, 1.165) is 187 Å². The van der Waals surface area contributed by atoms with Gasteiger partial charge in [-0.2, -0.15) is 0 Å². The third-order valence-electron chi connectivity index (χ3n) is 20.7. The van der Waals surface area contributed by atoms with Crippen LogP contribution < -0.4 is 0 Å². The molecule has 6 nitrogen and oxygen atoms in total. The molecule has 0 aliphatic rings. The van der Waals surface area contributed by atoms with Crippen LogP contribution >= 0.6 is 0 Å². The molecule has 0 radical (unpaired) electrons. The topological polar surface area (TPSA) is 77.3 Å². The van der Waals surface area contributed by atoms with Crippen LogP contribution in [0.4, 0.5) is 0 Å². The summed E-state index contributed by atoms with van der Waals surface area (Å²) in [4.78, 5) is 32.8. The summed E-state index contributed by atoms with van der Waals surface area (Å²) < 4.78 is 0. The zero-order valence-corrected chi connectivity index (χ0v) is 53.9. The van der Waals surface area contributed by atoms with E-state index >= 15 is 0 Å². The Bertz CT molecular complexity index is 7070. The number of benzene rings is 15. The molecule has 0 N–H and O–H groups in total. The van der Waals surface area contributed by atoms with Crippen LogP contribution in [0.15, 0.2) is 328 Å². The average molecular weight is 1270 g/mol. The van der Waals surface area contributed by atoms with Gasteiger partial charge in [0.2, 0.25) is 0 Å². The van der Waals surface area contributed by atoms with Crippen molar-refractivity contribution in [2.45, 2.75) is 0 Å². The molecule has 0 saturated heterocycles. The molecule has 0 bridgehead atoms. The second-order valence-corrected chi connectivity index (χ2v) is 26.3. The van der Waals surface area contributed by atoms with E-state index in [-0.39, 0.29) is 0 Å². The highest BCUT2D eigenvalue weighted by molar-refractivity contribution is 6.34. The number of para-hydroxylation sites is 1. The van der Waals surface area contributed by atoms with Crippen molar-refractivity contribution in [3.05, 3.63) is 328 Å². The average Bonchev–Trinajstić information content (AvgIpc) is 0.722. The molecule has 15 aromatic carbocycles. The third kappa shape index (κ3) is 8.77. The van der Waals surface area contributed by atoms with E-state index in [9.17, 15) is 0 Å². The fourth-order valence-corrected chi connectivity index (χ4v) is 15.9. The van der Waals surface area contributed by atoms with Crippen molar-refractivity contribution >= 4 is 141 Å². The van der Waals surface area contributed by atoms with Gasteiger partial charge in [-0.15, -0.1) is 0 Å². The maximum absolute atomic E-state index is 5.70. The summed E-state index contributed by atoms with van der Waals surface area (Å²) in [7, 11) is 0. The van der Waals surface area contributed by atoms with Gasteiger partial charge in [0.25, 0.3) is 0 Å². The second-order valence-electron chi connectivity index (χ2n) is 26.3. The first kappa shape index (κ1) is 55.8. The predicted molar refractivity (Wildman–Crippen MR) is 419 cm³/mol. The number of hydrogen-bond donors (Lipinski definition) is 0. The Kier molecular flexibility index (Phi) is 12.3. The van der Waals surface area contributed by atoms with Gasteiger partial charge >= 0.3 is 0 Å². The van der Waals surface area contributed by atoms with Crippen LogP contribution in [0.1, 0.15) is 0 Å². The lowest BCUT2D eigenvalue weighted by molar-refractivity contribution is 1.36. The number of hydrogen-bond acceptors (Lipinski definition) is 6. The first-order valence-electron chi connectivity index (χ1n) is 34.1. The summed E-state index contributed by atoms with van der Waals surface area (Å²) in [6.07, 6.45) is 0. The molecule has 100 heavy (non-hydrogen) atoms. The highest BCUT2D eigenvalue weighted by Gasteiger charge is 2.22. The van der Waals surface area contributed by atoms with Gasteiger partial charge in [-0.1, -0.05) is 267 Å². The molecule has 0 spiro atoms. The van der Waals surface area contributed by atoms with Crippen molar-refractivity contribution in [3.63, 3.8) is 0 Å². The van der Waals surface area contributed by atoms with Crippen molar-refractivity contribution in [1.29, 1.82) is 0 Å². The lowest BCUT2D eigenvalue weighted by Crippen LogP contribution is -1.95. The Labute approximate surface area is 573 Å². The summed E-state index contributed by atoms with van der Waals surface area (Å²) in [6.45, 7) is 0. The normalized spacial score (nSPS) is 12.0. The Hall–Kier alpha value is -13.4. The predicted octanol–water partition coefficient (Wildman–Crippen LogP) is 24.7. The first-order valence-corrected chi connectivity index (χ1v) is 34.1. The molecule has 0 amide bonds. The molecule has 0 unspecified atom stereocenters. The Balaban J connectivity index is 0.668. The number of fused-ring (bicyclic) bond motifs is 23.